The molecule has 1 aromatic heterocycles. The summed E-state index contributed by atoms with van der Waals surface area (Å²) in [6.45, 7) is 7.14. The van der Waals surface area contributed by atoms with E-state index in [1.165, 1.54) is 12.1 Å². The van der Waals surface area contributed by atoms with Gasteiger partial charge in [-0.05, 0) is 68.5 Å². The number of piperidine rings is 1. The molecule has 0 radical (unpaired) electrons. The number of hydrogen-bond donors (Lipinski definition) is 2. The zero-order chi connectivity index (χ0) is 17.8. The van der Waals surface area contributed by atoms with Gasteiger partial charge in [-0.15, -0.1) is 0 Å². The van der Waals surface area contributed by atoms with Crippen molar-refractivity contribution in [2.75, 3.05) is 13.1 Å². The SMILES string of the molecule is CC(C)C[C@@H](O)C1CCN(Cc2cn[nH]c2-c2ccc(F)cc2)CC1. The average molecular weight is 345 g/mol. The molecule has 2 heterocycles. The number of aromatic nitrogens is 2. The molecule has 25 heavy (non-hydrogen) atoms. The van der Waals surface area contributed by atoms with Crippen molar-refractivity contribution in [3.63, 3.8) is 0 Å². The Hall–Kier alpha value is -1.72. The molecule has 1 fully saturated rings. The van der Waals surface area contributed by atoms with Crippen LogP contribution in [0.3, 0.4) is 0 Å². The second kappa shape index (κ2) is 8.11. The summed E-state index contributed by atoms with van der Waals surface area (Å²) in [4.78, 5) is 2.41. The largest absolute Gasteiger partial charge is 0.393 e. The van der Waals surface area contributed by atoms with Crippen LogP contribution >= 0.6 is 0 Å². The van der Waals surface area contributed by atoms with Crippen LogP contribution in [0.2, 0.25) is 0 Å². The molecule has 1 atom stereocenters. The predicted molar refractivity (Wildman–Crippen MR) is 97.4 cm³/mol. The van der Waals surface area contributed by atoms with Crippen LogP contribution in [0.1, 0.15) is 38.7 Å². The number of aliphatic hydroxyl groups excluding tert-OH is 1. The van der Waals surface area contributed by atoms with E-state index in [-0.39, 0.29) is 11.9 Å². The highest BCUT2D eigenvalue weighted by atomic mass is 19.1. The number of likely N-dealkylation sites (tertiary alicyclic amines) is 1. The van der Waals surface area contributed by atoms with Gasteiger partial charge in [0, 0.05) is 17.7 Å². The van der Waals surface area contributed by atoms with Gasteiger partial charge in [0.1, 0.15) is 5.82 Å². The molecule has 0 saturated carbocycles. The fourth-order valence-electron chi connectivity index (χ4n) is 3.71. The van der Waals surface area contributed by atoms with Gasteiger partial charge in [-0.1, -0.05) is 13.8 Å². The van der Waals surface area contributed by atoms with Crippen molar-refractivity contribution < 1.29 is 9.50 Å². The third kappa shape index (κ3) is 4.67. The van der Waals surface area contributed by atoms with Crippen LogP contribution in [0.15, 0.2) is 30.5 Å². The first-order valence-electron chi connectivity index (χ1n) is 9.21. The maximum atomic E-state index is 13.1. The summed E-state index contributed by atoms with van der Waals surface area (Å²) in [6, 6.07) is 6.50. The highest BCUT2D eigenvalue weighted by Gasteiger charge is 2.26. The molecule has 1 aliphatic rings. The van der Waals surface area contributed by atoms with Gasteiger partial charge in [0.25, 0.3) is 0 Å². The first kappa shape index (κ1) is 18.1. The lowest BCUT2D eigenvalue weighted by molar-refractivity contribution is 0.0437. The number of nitrogens with one attached hydrogen (secondary N) is 1. The van der Waals surface area contributed by atoms with Crippen LogP contribution in [-0.2, 0) is 6.54 Å². The minimum atomic E-state index is -0.230. The van der Waals surface area contributed by atoms with Crippen LogP contribution in [0.5, 0.6) is 0 Å². The van der Waals surface area contributed by atoms with Gasteiger partial charge in [0.2, 0.25) is 0 Å². The first-order chi connectivity index (χ1) is 12.0. The van der Waals surface area contributed by atoms with E-state index in [2.05, 4.69) is 28.9 Å². The second-order valence-corrected chi connectivity index (χ2v) is 7.59. The van der Waals surface area contributed by atoms with Gasteiger partial charge in [-0.25, -0.2) is 4.39 Å². The number of benzene rings is 1. The lowest BCUT2D eigenvalue weighted by Crippen LogP contribution is -2.37. The summed E-state index contributed by atoms with van der Waals surface area (Å²) in [5, 5.41) is 17.6. The molecule has 2 N–H and O–H groups in total. The smallest absolute Gasteiger partial charge is 0.123 e. The molecular weight excluding hydrogens is 317 g/mol. The van der Waals surface area contributed by atoms with Crippen molar-refractivity contribution in [1.29, 1.82) is 0 Å². The van der Waals surface area contributed by atoms with Gasteiger partial charge >= 0.3 is 0 Å². The van der Waals surface area contributed by atoms with Gasteiger partial charge < -0.3 is 5.11 Å². The number of nitrogens with zero attached hydrogens (tertiary/aromatic N) is 2. The van der Waals surface area contributed by atoms with Crippen molar-refractivity contribution in [2.24, 2.45) is 11.8 Å². The number of halogens is 1. The van der Waals surface area contributed by atoms with Crippen LogP contribution < -0.4 is 0 Å². The average Bonchev–Trinajstić information content (AvgIpc) is 3.03. The van der Waals surface area contributed by atoms with Crippen LogP contribution in [0.25, 0.3) is 11.3 Å². The van der Waals surface area contributed by atoms with Crippen LogP contribution in [0.4, 0.5) is 4.39 Å². The quantitative estimate of drug-likeness (QED) is 0.836. The molecule has 4 nitrogen and oxygen atoms in total. The van der Waals surface area contributed by atoms with Crippen LogP contribution in [-0.4, -0.2) is 39.4 Å². The highest BCUT2D eigenvalue weighted by Crippen LogP contribution is 2.27. The van der Waals surface area contributed by atoms with E-state index in [1.54, 1.807) is 12.1 Å². The summed E-state index contributed by atoms with van der Waals surface area (Å²) >= 11 is 0. The fourth-order valence-corrected chi connectivity index (χ4v) is 3.71. The van der Waals surface area contributed by atoms with E-state index in [0.29, 0.717) is 11.8 Å². The predicted octanol–water partition coefficient (Wildman–Crippen LogP) is 3.83. The number of H-pyrrole nitrogens is 1. The van der Waals surface area contributed by atoms with Crippen LogP contribution in [0, 0.1) is 17.7 Å². The lowest BCUT2D eigenvalue weighted by atomic mass is 9.87. The Morgan fingerprint density at radius 3 is 2.56 bits per heavy atom. The Bertz CT molecular complexity index is 660. The molecule has 0 amide bonds. The molecule has 136 valence electrons. The summed E-state index contributed by atoms with van der Waals surface area (Å²) in [6.07, 6.45) is 4.65. The fraction of sp³-hybridized carbons (Fsp3) is 0.550. The highest BCUT2D eigenvalue weighted by molar-refractivity contribution is 5.62. The van der Waals surface area contributed by atoms with Crippen molar-refractivity contribution in [2.45, 2.75) is 45.8 Å². The Balaban J connectivity index is 1.58. The molecule has 1 aromatic carbocycles. The van der Waals surface area contributed by atoms with Gasteiger partial charge in [0.05, 0.1) is 18.0 Å². The van der Waals surface area contributed by atoms with E-state index < -0.39 is 0 Å². The Morgan fingerprint density at radius 1 is 1.24 bits per heavy atom. The van der Waals surface area contributed by atoms with E-state index in [1.807, 2.05) is 6.20 Å². The number of rotatable bonds is 6. The van der Waals surface area contributed by atoms with E-state index in [9.17, 15) is 9.50 Å². The van der Waals surface area contributed by atoms with Crippen molar-refractivity contribution in [3.05, 3.63) is 41.8 Å². The molecule has 1 saturated heterocycles. The molecule has 5 heteroatoms. The molecule has 0 unspecified atom stereocenters. The van der Waals surface area contributed by atoms with E-state index in [0.717, 1.165) is 55.7 Å². The minimum absolute atomic E-state index is 0.175. The minimum Gasteiger partial charge on any atom is -0.393 e. The zero-order valence-corrected chi connectivity index (χ0v) is 15.1. The maximum absolute atomic E-state index is 13.1. The summed E-state index contributed by atoms with van der Waals surface area (Å²) in [7, 11) is 0. The summed E-state index contributed by atoms with van der Waals surface area (Å²) < 4.78 is 13.1. The first-order valence-corrected chi connectivity index (χ1v) is 9.21. The monoisotopic (exact) mass is 345 g/mol. The number of aromatic amines is 1. The number of hydrogen-bond acceptors (Lipinski definition) is 3. The Kier molecular flexibility index (Phi) is 5.86. The molecule has 3 rings (SSSR count). The third-order valence-electron chi connectivity index (χ3n) is 5.13. The van der Waals surface area contributed by atoms with Crippen molar-refractivity contribution >= 4 is 0 Å². The van der Waals surface area contributed by atoms with E-state index in [4.69, 9.17) is 0 Å². The van der Waals surface area contributed by atoms with Gasteiger partial charge in [-0.2, -0.15) is 5.10 Å². The number of aliphatic hydroxyl groups is 1. The zero-order valence-electron chi connectivity index (χ0n) is 15.1. The molecule has 0 spiro atoms. The molecule has 2 aromatic rings. The Labute approximate surface area is 149 Å². The third-order valence-corrected chi connectivity index (χ3v) is 5.13. The summed E-state index contributed by atoms with van der Waals surface area (Å²) in [5.74, 6) is 0.726. The van der Waals surface area contributed by atoms with Gasteiger partial charge in [-0.3, -0.25) is 10.00 Å². The second-order valence-electron chi connectivity index (χ2n) is 7.59. The van der Waals surface area contributed by atoms with Gasteiger partial charge in [0.15, 0.2) is 0 Å². The normalized spacial score (nSPS) is 18.0. The maximum Gasteiger partial charge on any atom is 0.123 e. The molecule has 1 aliphatic heterocycles. The molecular formula is C20H28FN3O. The standard InChI is InChI=1S/C20H28FN3O/c1-14(2)11-19(25)15-7-9-24(10-8-15)13-17-12-22-23-20(17)16-3-5-18(21)6-4-16/h3-6,12,14-15,19,25H,7-11,13H2,1-2H3,(H,22,23)/t19-/m1/s1. The van der Waals surface area contributed by atoms with Crippen molar-refractivity contribution in [1.82, 2.24) is 15.1 Å². The topological polar surface area (TPSA) is 52.1 Å². The molecule has 0 bridgehead atoms. The van der Waals surface area contributed by atoms with Crippen molar-refractivity contribution in [3.8, 4) is 11.3 Å². The van der Waals surface area contributed by atoms with E-state index >= 15 is 0 Å². The summed E-state index contributed by atoms with van der Waals surface area (Å²) in [5.41, 5.74) is 3.05. The molecule has 0 aliphatic carbocycles. The Morgan fingerprint density at radius 2 is 1.92 bits per heavy atom. The lowest BCUT2D eigenvalue weighted by Gasteiger charge is -2.34.